The average molecular weight is 325 g/mol. The van der Waals surface area contributed by atoms with Gasteiger partial charge in [0.1, 0.15) is 14.7 Å². The van der Waals surface area contributed by atoms with Crippen LogP contribution in [-0.4, -0.2) is 53.3 Å². The maximum absolute atomic E-state index is 12.3. The molecular weight excluding hydrogens is 310 g/mol. The molecule has 1 aliphatic rings. The highest BCUT2D eigenvalue weighted by molar-refractivity contribution is 7.90. The number of methoxy groups -OCH3 is 1. The number of hydrogen-bond donors (Lipinski definition) is 0. The van der Waals surface area contributed by atoms with Crippen molar-refractivity contribution in [3.8, 4) is 5.06 Å². The van der Waals surface area contributed by atoms with Gasteiger partial charge in [0.05, 0.1) is 12.9 Å². The zero-order chi connectivity index (χ0) is 14.3. The van der Waals surface area contributed by atoms with Gasteiger partial charge in [-0.25, -0.2) is 16.8 Å². The standard InChI is InChI=1S/C10H15NO5S3/c1-16-10-9(3-4-17-10)19(14,15)11-5-8(6-11)7-18(2,12)13/h3-4,8H,5-7H2,1-2H3. The number of ether oxygens (including phenoxy) is 1. The molecule has 0 radical (unpaired) electrons. The summed E-state index contributed by atoms with van der Waals surface area (Å²) >= 11 is 1.22. The largest absolute Gasteiger partial charge is 0.486 e. The first-order chi connectivity index (χ1) is 8.74. The smallest absolute Gasteiger partial charge is 0.247 e. The predicted octanol–water partition coefficient (Wildman–Crippen LogP) is 0.422. The Bertz CT molecular complexity index is 655. The van der Waals surface area contributed by atoms with Crippen LogP contribution in [0, 0.1) is 5.92 Å². The molecule has 0 saturated carbocycles. The number of thiophene rings is 1. The minimum atomic E-state index is -3.57. The van der Waals surface area contributed by atoms with E-state index in [0.717, 1.165) is 6.26 Å². The Balaban J connectivity index is 2.09. The molecule has 0 N–H and O–H groups in total. The molecule has 1 aromatic heterocycles. The van der Waals surface area contributed by atoms with Gasteiger partial charge in [-0.3, -0.25) is 0 Å². The summed E-state index contributed by atoms with van der Waals surface area (Å²) in [5.41, 5.74) is 0. The summed E-state index contributed by atoms with van der Waals surface area (Å²) in [5.74, 6) is -0.0887. The van der Waals surface area contributed by atoms with Crippen molar-refractivity contribution in [3.05, 3.63) is 11.4 Å². The Morgan fingerprint density at radius 3 is 2.53 bits per heavy atom. The maximum Gasteiger partial charge on any atom is 0.247 e. The zero-order valence-corrected chi connectivity index (χ0v) is 13.0. The van der Waals surface area contributed by atoms with Crippen LogP contribution in [0.2, 0.25) is 0 Å². The number of nitrogens with zero attached hydrogens (tertiary/aromatic N) is 1. The van der Waals surface area contributed by atoms with E-state index < -0.39 is 19.9 Å². The molecule has 1 aromatic rings. The second-order valence-electron chi connectivity index (χ2n) is 4.56. The molecule has 0 spiro atoms. The lowest BCUT2D eigenvalue weighted by Crippen LogP contribution is -2.51. The van der Waals surface area contributed by atoms with Crippen LogP contribution in [0.3, 0.4) is 0 Å². The summed E-state index contributed by atoms with van der Waals surface area (Å²) in [4.78, 5) is 0.151. The van der Waals surface area contributed by atoms with Gasteiger partial charge in [-0.2, -0.15) is 4.31 Å². The second kappa shape index (κ2) is 5.04. The van der Waals surface area contributed by atoms with Crippen LogP contribution < -0.4 is 4.74 Å². The second-order valence-corrected chi connectivity index (χ2v) is 9.53. The highest BCUT2D eigenvalue weighted by Gasteiger charge is 2.39. The fraction of sp³-hybridized carbons (Fsp3) is 0.600. The molecule has 108 valence electrons. The van der Waals surface area contributed by atoms with Gasteiger partial charge in [-0.15, -0.1) is 11.3 Å². The fourth-order valence-electron chi connectivity index (χ4n) is 2.02. The van der Waals surface area contributed by atoms with E-state index in [9.17, 15) is 16.8 Å². The van der Waals surface area contributed by atoms with Gasteiger partial charge >= 0.3 is 0 Å². The van der Waals surface area contributed by atoms with Crippen molar-refractivity contribution < 1.29 is 21.6 Å². The molecule has 0 atom stereocenters. The Kier molecular flexibility index (Phi) is 3.92. The number of hydrogen-bond acceptors (Lipinski definition) is 6. The van der Waals surface area contributed by atoms with Gasteiger partial charge < -0.3 is 4.74 Å². The molecule has 0 aromatic carbocycles. The molecule has 0 bridgehead atoms. The summed E-state index contributed by atoms with van der Waals surface area (Å²) < 4.78 is 53.1. The van der Waals surface area contributed by atoms with Crippen LogP contribution in [-0.2, 0) is 19.9 Å². The Morgan fingerprint density at radius 2 is 2.00 bits per heavy atom. The predicted molar refractivity (Wildman–Crippen MR) is 72.8 cm³/mol. The highest BCUT2D eigenvalue weighted by atomic mass is 32.2. The van der Waals surface area contributed by atoms with Crippen LogP contribution in [0.25, 0.3) is 0 Å². The van der Waals surface area contributed by atoms with Crippen molar-refractivity contribution in [1.82, 2.24) is 4.31 Å². The topological polar surface area (TPSA) is 80.8 Å². The van der Waals surface area contributed by atoms with Crippen molar-refractivity contribution in [2.75, 3.05) is 32.2 Å². The molecule has 0 amide bonds. The van der Waals surface area contributed by atoms with Gasteiger partial charge in [-0.05, 0) is 11.4 Å². The Labute approximate surface area is 117 Å². The summed E-state index contributed by atoms with van der Waals surface area (Å²) in [7, 11) is -5.21. The van der Waals surface area contributed by atoms with Crippen LogP contribution in [0.5, 0.6) is 5.06 Å². The van der Waals surface area contributed by atoms with E-state index in [1.54, 1.807) is 5.38 Å². The van der Waals surface area contributed by atoms with Gasteiger partial charge in [0.15, 0.2) is 5.06 Å². The van der Waals surface area contributed by atoms with Gasteiger partial charge in [0.2, 0.25) is 10.0 Å². The third-order valence-corrected chi connectivity index (χ3v) is 6.80. The lowest BCUT2D eigenvalue weighted by Gasteiger charge is -2.37. The molecule has 1 aliphatic heterocycles. The third-order valence-electron chi connectivity index (χ3n) is 2.86. The van der Waals surface area contributed by atoms with E-state index in [2.05, 4.69) is 0 Å². The molecule has 9 heteroatoms. The molecule has 19 heavy (non-hydrogen) atoms. The number of sulfonamides is 1. The Morgan fingerprint density at radius 1 is 1.37 bits per heavy atom. The van der Waals surface area contributed by atoms with E-state index in [4.69, 9.17) is 4.74 Å². The molecule has 1 fully saturated rings. The first kappa shape index (κ1) is 14.8. The summed E-state index contributed by atoms with van der Waals surface area (Å²) in [6, 6.07) is 1.50. The Hall–Kier alpha value is -0.640. The molecule has 2 heterocycles. The molecule has 2 rings (SSSR count). The maximum atomic E-state index is 12.3. The first-order valence-electron chi connectivity index (χ1n) is 5.53. The SMILES string of the molecule is COc1sccc1S(=O)(=O)N1CC(CS(C)(=O)=O)C1. The van der Waals surface area contributed by atoms with Crippen molar-refractivity contribution >= 4 is 31.2 Å². The third kappa shape index (κ3) is 3.10. The van der Waals surface area contributed by atoms with Crippen LogP contribution >= 0.6 is 11.3 Å². The summed E-state index contributed by atoms with van der Waals surface area (Å²) in [5, 5.41) is 2.01. The van der Waals surface area contributed by atoms with Crippen LogP contribution in [0.1, 0.15) is 0 Å². The van der Waals surface area contributed by atoms with Crippen LogP contribution in [0.15, 0.2) is 16.3 Å². The minimum Gasteiger partial charge on any atom is -0.486 e. The van der Waals surface area contributed by atoms with E-state index in [1.165, 1.54) is 28.8 Å². The molecule has 6 nitrogen and oxygen atoms in total. The normalized spacial score (nSPS) is 18.2. The van der Waals surface area contributed by atoms with E-state index in [0.29, 0.717) is 5.06 Å². The average Bonchev–Trinajstić information content (AvgIpc) is 2.69. The van der Waals surface area contributed by atoms with Gasteiger partial charge in [0.25, 0.3) is 0 Å². The highest BCUT2D eigenvalue weighted by Crippen LogP contribution is 2.34. The summed E-state index contributed by atoms with van der Waals surface area (Å²) in [6.45, 7) is 0.489. The van der Waals surface area contributed by atoms with Gasteiger partial charge in [-0.1, -0.05) is 0 Å². The van der Waals surface area contributed by atoms with E-state index >= 15 is 0 Å². The summed E-state index contributed by atoms with van der Waals surface area (Å²) in [6.07, 6.45) is 1.16. The molecule has 0 unspecified atom stereocenters. The number of sulfone groups is 1. The number of rotatable bonds is 5. The first-order valence-corrected chi connectivity index (χ1v) is 9.91. The van der Waals surface area contributed by atoms with E-state index in [1.807, 2.05) is 0 Å². The quantitative estimate of drug-likeness (QED) is 0.784. The van der Waals surface area contributed by atoms with E-state index in [-0.39, 0.29) is 29.7 Å². The molecular formula is C10H15NO5S3. The lowest BCUT2D eigenvalue weighted by atomic mass is 10.1. The van der Waals surface area contributed by atoms with Crippen molar-refractivity contribution in [1.29, 1.82) is 0 Å². The van der Waals surface area contributed by atoms with Crippen molar-refractivity contribution in [3.63, 3.8) is 0 Å². The molecule has 1 saturated heterocycles. The van der Waals surface area contributed by atoms with Crippen LogP contribution in [0.4, 0.5) is 0 Å². The van der Waals surface area contributed by atoms with Gasteiger partial charge in [0, 0.05) is 25.3 Å². The fourth-order valence-corrected chi connectivity index (χ4v) is 5.86. The van der Waals surface area contributed by atoms with Crippen molar-refractivity contribution in [2.45, 2.75) is 4.90 Å². The minimum absolute atomic E-state index is 0.0276. The molecule has 0 aliphatic carbocycles. The lowest BCUT2D eigenvalue weighted by molar-refractivity contribution is 0.219. The van der Waals surface area contributed by atoms with Crippen molar-refractivity contribution in [2.24, 2.45) is 5.92 Å². The zero-order valence-electron chi connectivity index (χ0n) is 10.6. The monoisotopic (exact) mass is 325 g/mol.